The molecule has 0 aliphatic rings. The summed E-state index contributed by atoms with van der Waals surface area (Å²) in [4.78, 5) is 0. The summed E-state index contributed by atoms with van der Waals surface area (Å²) in [5, 5.41) is 10.3. The SMILES string of the molecule is COc1cc([C@H](N)[C@H](O)C(C)(C)C)cc(OC)c1OC. The molecule has 114 valence electrons. The van der Waals surface area contributed by atoms with Gasteiger partial charge in [-0.25, -0.2) is 0 Å². The molecule has 0 spiro atoms. The highest BCUT2D eigenvalue weighted by Crippen LogP contribution is 2.41. The van der Waals surface area contributed by atoms with Crippen LogP contribution in [0.2, 0.25) is 0 Å². The average molecular weight is 283 g/mol. The van der Waals surface area contributed by atoms with Gasteiger partial charge in [-0.1, -0.05) is 20.8 Å². The van der Waals surface area contributed by atoms with Gasteiger partial charge in [0.15, 0.2) is 11.5 Å². The minimum Gasteiger partial charge on any atom is -0.493 e. The molecule has 0 aliphatic carbocycles. The molecule has 0 unspecified atom stereocenters. The van der Waals surface area contributed by atoms with Gasteiger partial charge in [-0.3, -0.25) is 0 Å². The van der Waals surface area contributed by atoms with Crippen molar-refractivity contribution >= 4 is 0 Å². The Morgan fingerprint density at radius 1 is 1.00 bits per heavy atom. The Labute approximate surface area is 120 Å². The Balaban J connectivity index is 3.26. The van der Waals surface area contributed by atoms with Crippen molar-refractivity contribution in [3.8, 4) is 17.2 Å². The molecule has 20 heavy (non-hydrogen) atoms. The zero-order valence-corrected chi connectivity index (χ0v) is 13.1. The predicted octanol–water partition coefficient (Wildman–Crippen LogP) is 2.12. The highest BCUT2D eigenvalue weighted by molar-refractivity contribution is 5.54. The van der Waals surface area contributed by atoms with Gasteiger partial charge in [-0.05, 0) is 23.1 Å². The third-order valence-electron chi connectivity index (χ3n) is 3.30. The van der Waals surface area contributed by atoms with Crippen LogP contribution in [0.3, 0.4) is 0 Å². The summed E-state index contributed by atoms with van der Waals surface area (Å²) >= 11 is 0. The Kier molecular flexibility index (Phi) is 5.25. The predicted molar refractivity (Wildman–Crippen MR) is 78.5 cm³/mol. The van der Waals surface area contributed by atoms with E-state index >= 15 is 0 Å². The lowest BCUT2D eigenvalue weighted by Gasteiger charge is -2.31. The van der Waals surface area contributed by atoms with Crippen molar-refractivity contribution in [2.45, 2.75) is 32.9 Å². The maximum atomic E-state index is 10.3. The molecule has 3 N–H and O–H groups in total. The van der Waals surface area contributed by atoms with Crippen LogP contribution in [0.15, 0.2) is 12.1 Å². The lowest BCUT2D eigenvalue weighted by Crippen LogP contribution is -2.37. The third-order valence-corrected chi connectivity index (χ3v) is 3.30. The van der Waals surface area contributed by atoms with Crippen molar-refractivity contribution in [3.05, 3.63) is 17.7 Å². The number of aliphatic hydroxyl groups is 1. The zero-order valence-electron chi connectivity index (χ0n) is 13.1. The second kappa shape index (κ2) is 6.33. The van der Waals surface area contributed by atoms with Crippen LogP contribution < -0.4 is 19.9 Å². The smallest absolute Gasteiger partial charge is 0.203 e. The molecule has 0 fully saturated rings. The number of methoxy groups -OCH3 is 3. The number of hydrogen-bond donors (Lipinski definition) is 2. The maximum Gasteiger partial charge on any atom is 0.203 e. The third kappa shape index (κ3) is 3.35. The van der Waals surface area contributed by atoms with Crippen molar-refractivity contribution in [3.63, 3.8) is 0 Å². The van der Waals surface area contributed by atoms with E-state index in [4.69, 9.17) is 19.9 Å². The van der Waals surface area contributed by atoms with Gasteiger partial charge < -0.3 is 25.1 Å². The van der Waals surface area contributed by atoms with E-state index in [1.807, 2.05) is 20.8 Å². The molecule has 1 aromatic carbocycles. The van der Waals surface area contributed by atoms with Crippen LogP contribution >= 0.6 is 0 Å². The fourth-order valence-corrected chi connectivity index (χ4v) is 2.01. The summed E-state index contributed by atoms with van der Waals surface area (Å²) in [5.41, 5.74) is 6.58. The lowest BCUT2D eigenvalue weighted by atomic mass is 9.82. The van der Waals surface area contributed by atoms with Crippen LogP contribution in [0, 0.1) is 5.41 Å². The van der Waals surface area contributed by atoms with E-state index in [0.29, 0.717) is 17.2 Å². The minimum absolute atomic E-state index is 0.320. The Morgan fingerprint density at radius 2 is 1.45 bits per heavy atom. The highest BCUT2D eigenvalue weighted by atomic mass is 16.5. The average Bonchev–Trinajstić information content (AvgIpc) is 2.42. The van der Waals surface area contributed by atoms with Crippen molar-refractivity contribution < 1.29 is 19.3 Å². The van der Waals surface area contributed by atoms with E-state index in [0.717, 1.165) is 5.56 Å². The van der Waals surface area contributed by atoms with Crippen LogP contribution in [-0.2, 0) is 0 Å². The summed E-state index contributed by atoms with van der Waals surface area (Å²) < 4.78 is 15.9. The molecule has 0 saturated carbocycles. The fourth-order valence-electron chi connectivity index (χ4n) is 2.01. The monoisotopic (exact) mass is 283 g/mol. The second-order valence-electron chi connectivity index (χ2n) is 5.80. The highest BCUT2D eigenvalue weighted by Gasteiger charge is 2.30. The van der Waals surface area contributed by atoms with Crippen molar-refractivity contribution in [2.24, 2.45) is 11.1 Å². The fraction of sp³-hybridized carbons (Fsp3) is 0.600. The summed E-state index contributed by atoms with van der Waals surface area (Å²) in [6.45, 7) is 5.82. The van der Waals surface area contributed by atoms with E-state index in [9.17, 15) is 5.11 Å². The molecule has 1 rings (SSSR count). The largest absolute Gasteiger partial charge is 0.493 e. The van der Waals surface area contributed by atoms with Gasteiger partial charge in [0.1, 0.15) is 0 Å². The number of ether oxygens (including phenoxy) is 3. The summed E-state index contributed by atoms with van der Waals surface area (Å²) in [6.07, 6.45) is -0.690. The first kappa shape index (κ1) is 16.6. The molecular weight excluding hydrogens is 258 g/mol. The van der Waals surface area contributed by atoms with Gasteiger partial charge in [-0.15, -0.1) is 0 Å². The van der Waals surface area contributed by atoms with Crippen LogP contribution in [0.4, 0.5) is 0 Å². The number of nitrogens with two attached hydrogens (primary N) is 1. The van der Waals surface area contributed by atoms with Gasteiger partial charge in [0.05, 0.1) is 33.5 Å². The molecular formula is C15H25NO4. The Morgan fingerprint density at radius 3 is 1.75 bits per heavy atom. The molecule has 0 heterocycles. The van der Waals surface area contributed by atoms with Crippen LogP contribution in [-0.4, -0.2) is 32.5 Å². The Hall–Kier alpha value is -1.46. The number of hydrogen-bond acceptors (Lipinski definition) is 5. The van der Waals surface area contributed by atoms with Crippen molar-refractivity contribution in [2.75, 3.05) is 21.3 Å². The molecule has 5 heteroatoms. The molecule has 1 aromatic rings. The number of benzene rings is 1. The summed E-state index contributed by atoms with van der Waals surface area (Å²) in [5.74, 6) is 1.56. The minimum atomic E-state index is -0.690. The van der Waals surface area contributed by atoms with E-state index in [1.54, 1.807) is 33.5 Å². The van der Waals surface area contributed by atoms with E-state index in [1.165, 1.54) is 0 Å². The van der Waals surface area contributed by atoms with Crippen LogP contribution in [0.5, 0.6) is 17.2 Å². The maximum absolute atomic E-state index is 10.3. The lowest BCUT2D eigenvalue weighted by molar-refractivity contribution is 0.0400. The van der Waals surface area contributed by atoms with Crippen molar-refractivity contribution in [1.82, 2.24) is 0 Å². The van der Waals surface area contributed by atoms with E-state index in [-0.39, 0.29) is 5.41 Å². The van der Waals surface area contributed by atoms with Gasteiger partial charge in [-0.2, -0.15) is 0 Å². The van der Waals surface area contributed by atoms with Gasteiger partial charge in [0.2, 0.25) is 5.75 Å². The van der Waals surface area contributed by atoms with Gasteiger partial charge >= 0.3 is 0 Å². The zero-order chi connectivity index (χ0) is 15.5. The molecule has 0 aliphatic heterocycles. The van der Waals surface area contributed by atoms with E-state index in [2.05, 4.69) is 0 Å². The Bertz CT molecular complexity index is 429. The van der Waals surface area contributed by atoms with Crippen LogP contribution in [0.25, 0.3) is 0 Å². The van der Waals surface area contributed by atoms with Gasteiger partial charge in [0.25, 0.3) is 0 Å². The molecule has 0 bridgehead atoms. The standard InChI is InChI=1S/C15H25NO4/c1-15(2,3)14(17)12(16)9-7-10(18-4)13(20-6)11(8-9)19-5/h7-8,12,14,17H,16H2,1-6H3/t12-,14-/m0/s1. The summed E-state index contributed by atoms with van der Waals surface area (Å²) in [6, 6.07) is 2.99. The first-order valence-corrected chi connectivity index (χ1v) is 6.49. The molecule has 0 saturated heterocycles. The first-order chi connectivity index (χ1) is 9.26. The first-order valence-electron chi connectivity index (χ1n) is 6.49. The quantitative estimate of drug-likeness (QED) is 0.866. The molecule has 0 amide bonds. The molecule has 0 aromatic heterocycles. The van der Waals surface area contributed by atoms with E-state index < -0.39 is 12.1 Å². The molecule has 5 nitrogen and oxygen atoms in total. The molecule has 0 radical (unpaired) electrons. The normalized spacial score (nSPS) is 14.6. The van der Waals surface area contributed by atoms with Crippen LogP contribution in [0.1, 0.15) is 32.4 Å². The number of aliphatic hydroxyl groups excluding tert-OH is 1. The topological polar surface area (TPSA) is 73.9 Å². The van der Waals surface area contributed by atoms with Gasteiger partial charge in [0, 0.05) is 0 Å². The van der Waals surface area contributed by atoms with Crippen molar-refractivity contribution in [1.29, 1.82) is 0 Å². The number of rotatable bonds is 5. The summed E-state index contributed by atoms with van der Waals surface area (Å²) in [7, 11) is 4.64. The molecule has 2 atom stereocenters. The second-order valence-corrected chi connectivity index (χ2v) is 5.80.